The first-order chi connectivity index (χ1) is 12.5. The van der Waals surface area contributed by atoms with E-state index in [1.807, 2.05) is 6.92 Å². The summed E-state index contributed by atoms with van der Waals surface area (Å²) >= 11 is 5.63. The molecule has 7 heteroatoms. The van der Waals surface area contributed by atoms with Crippen LogP contribution in [0, 0.1) is 5.92 Å². The molecule has 0 spiro atoms. The minimum absolute atomic E-state index is 0.125. The standard InChI is InChI=1S/C19H35N3O3S/c1-13-17(24)18(25)16(23)12-22(13)11-14-7-9-21(10-8-14)19(26)20-15-5-3-2-4-6-15/h13-18,23-25H,2-12H2,1H3,(H,20,26)/t13-,16+,17-,18-/m1/s1. The Bertz CT molecular complexity index is 467. The third-order valence-electron chi connectivity index (χ3n) is 6.56. The number of piperidine rings is 2. The highest BCUT2D eigenvalue weighted by atomic mass is 32.1. The van der Waals surface area contributed by atoms with Crippen LogP contribution in [0.3, 0.4) is 0 Å². The Hall–Kier alpha value is -0.470. The van der Waals surface area contributed by atoms with E-state index in [1.54, 1.807) is 0 Å². The van der Waals surface area contributed by atoms with E-state index in [1.165, 1.54) is 32.1 Å². The monoisotopic (exact) mass is 385 g/mol. The van der Waals surface area contributed by atoms with Gasteiger partial charge in [0.15, 0.2) is 5.11 Å². The van der Waals surface area contributed by atoms with Gasteiger partial charge in [0.25, 0.3) is 0 Å². The van der Waals surface area contributed by atoms with Gasteiger partial charge in [-0.1, -0.05) is 19.3 Å². The highest BCUT2D eigenvalue weighted by molar-refractivity contribution is 7.80. The SMILES string of the molecule is C[C@@H]1[C@@H](O)[C@H](O)[C@@H](O)CN1CC1CCN(C(=S)NC2CCCCC2)CC1. The summed E-state index contributed by atoms with van der Waals surface area (Å²) in [5.41, 5.74) is 0. The van der Waals surface area contributed by atoms with Gasteiger partial charge in [-0.2, -0.15) is 0 Å². The number of rotatable bonds is 3. The molecule has 0 bridgehead atoms. The molecule has 2 aliphatic heterocycles. The Morgan fingerprint density at radius 2 is 1.65 bits per heavy atom. The third kappa shape index (κ3) is 4.87. The quantitative estimate of drug-likeness (QED) is 0.533. The average Bonchev–Trinajstić information content (AvgIpc) is 2.65. The lowest BCUT2D eigenvalue weighted by molar-refractivity contribution is -0.136. The Morgan fingerprint density at radius 3 is 2.31 bits per heavy atom. The predicted molar refractivity (Wildman–Crippen MR) is 106 cm³/mol. The zero-order valence-corrected chi connectivity index (χ0v) is 16.7. The van der Waals surface area contributed by atoms with Gasteiger partial charge >= 0.3 is 0 Å². The van der Waals surface area contributed by atoms with Crippen LogP contribution in [0.15, 0.2) is 0 Å². The van der Waals surface area contributed by atoms with E-state index < -0.39 is 18.3 Å². The molecular formula is C19H35N3O3S. The highest BCUT2D eigenvalue weighted by Gasteiger charge is 2.39. The lowest BCUT2D eigenvalue weighted by atomic mass is 9.91. The molecule has 0 aromatic rings. The largest absolute Gasteiger partial charge is 0.389 e. The van der Waals surface area contributed by atoms with Crippen LogP contribution in [0.5, 0.6) is 0 Å². The van der Waals surface area contributed by atoms with E-state index >= 15 is 0 Å². The number of aliphatic hydroxyl groups is 3. The third-order valence-corrected chi connectivity index (χ3v) is 6.94. The fourth-order valence-electron chi connectivity index (χ4n) is 4.65. The number of β-amino-alcohol motifs (C(OH)–C–C–N with tert-alkyl or cyclic N) is 1. The second-order valence-corrected chi connectivity index (χ2v) is 8.84. The van der Waals surface area contributed by atoms with Crippen molar-refractivity contribution in [2.24, 2.45) is 5.92 Å². The first-order valence-corrected chi connectivity index (χ1v) is 10.7. The molecule has 1 saturated carbocycles. The first kappa shape index (κ1) is 20.3. The molecule has 2 heterocycles. The molecule has 0 amide bonds. The van der Waals surface area contributed by atoms with Gasteiger partial charge in [0.2, 0.25) is 0 Å². The van der Waals surface area contributed by atoms with Gasteiger partial charge in [0.05, 0.1) is 12.2 Å². The van der Waals surface area contributed by atoms with E-state index in [0.717, 1.165) is 37.6 Å². The van der Waals surface area contributed by atoms with Gasteiger partial charge in [0.1, 0.15) is 6.10 Å². The number of nitrogens with zero attached hydrogens (tertiary/aromatic N) is 2. The molecule has 0 aromatic carbocycles. The van der Waals surface area contributed by atoms with Crippen LogP contribution in [0.25, 0.3) is 0 Å². The molecule has 3 fully saturated rings. The zero-order valence-electron chi connectivity index (χ0n) is 15.9. The Labute approximate surface area is 162 Å². The minimum Gasteiger partial charge on any atom is -0.389 e. The van der Waals surface area contributed by atoms with E-state index in [4.69, 9.17) is 12.2 Å². The lowest BCUT2D eigenvalue weighted by Gasteiger charge is -2.44. The summed E-state index contributed by atoms with van der Waals surface area (Å²) in [5, 5.41) is 34.3. The summed E-state index contributed by atoms with van der Waals surface area (Å²) < 4.78 is 0. The van der Waals surface area contributed by atoms with Crippen LogP contribution in [-0.2, 0) is 0 Å². The molecular weight excluding hydrogens is 350 g/mol. The molecule has 0 aromatic heterocycles. The van der Waals surface area contributed by atoms with E-state index in [-0.39, 0.29) is 6.04 Å². The molecule has 4 N–H and O–H groups in total. The lowest BCUT2D eigenvalue weighted by Crippen LogP contribution is -2.61. The molecule has 6 nitrogen and oxygen atoms in total. The number of likely N-dealkylation sites (tertiary alicyclic amines) is 2. The molecule has 0 unspecified atom stereocenters. The number of hydrogen-bond acceptors (Lipinski definition) is 5. The molecule has 150 valence electrons. The van der Waals surface area contributed by atoms with Crippen LogP contribution in [-0.4, -0.2) is 86.8 Å². The molecule has 3 rings (SSSR count). The van der Waals surface area contributed by atoms with Crippen molar-refractivity contribution in [1.29, 1.82) is 0 Å². The van der Waals surface area contributed by atoms with Gasteiger partial charge in [-0.3, -0.25) is 4.90 Å². The van der Waals surface area contributed by atoms with E-state index in [2.05, 4.69) is 15.1 Å². The normalized spacial score (nSPS) is 35.5. The second-order valence-electron chi connectivity index (χ2n) is 8.46. The Balaban J connectivity index is 1.42. The minimum atomic E-state index is -1.04. The summed E-state index contributed by atoms with van der Waals surface area (Å²) in [6.45, 7) is 5.16. The van der Waals surface area contributed by atoms with Crippen molar-refractivity contribution in [2.75, 3.05) is 26.2 Å². The number of nitrogens with one attached hydrogen (secondary N) is 1. The Kier molecular flexibility index (Phi) is 7.13. The number of aliphatic hydroxyl groups excluding tert-OH is 3. The maximum atomic E-state index is 10.1. The van der Waals surface area contributed by atoms with Gasteiger partial charge < -0.3 is 25.5 Å². The number of thiocarbonyl (C=S) groups is 1. The Morgan fingerprint density at radius 1 is 1.00 bits per heavy atom. The summed E-state index contributed by atoms with van der Waals surface area (Å²) in [5.74, 6) is 0.542. The van der Waals surface area contributed by atoms with Crippen LogP contribution in [0.1, 0.15) is 51.9 Å². The molecule has 26 heavy (non-hydrogen) atoms. The summed E-state index contributed by atoms with van der Waals surface area (Å²) in [7, 11) is 0. The molecule has 0 radical (unpaired) electrons. The fourth-order valence-corrected chi connectivity index (χ4v) is 5.00. The smallest absolute Gasteiger partial charge is 0.169 e. The van der Waals surface area contributed by atoms with E-state index in [0.29, 0.717) is 18.5 Å². The summed E-state index contributed by atoms with van der Waals surface area (Å²) in [4.78, 5) is 4.43. The topological polar surface area (TPSA) is 79.2 Å². The zero-order chi connectivity index (χ0) is 18.7. The van der Waals surface area contributed by atoms with Crippen molar-refractivity contribution in [3.05, 3.63) is 0 Å². The maximum Gasteiger partial charge on any atom is 0.169 e. The van der Waals surface area contributed by atoms with Crippen LogP contribution in [0.4, 0.5) is 0 Å². The average molecular weight is 386 g/mol. The summed E-state index contributed by atoms with van der Waals surface area (Å²) in [6.07, 6.45) is 5.80. The van der Waals surface area contributed by atoms with Crippen molar-refractivity contribution in [2.45, 2.75) is 82.3 Å². The van der Waals surface area contributed by atoms with Gasteiger partial charge in [-0.15, -0.1) is 0 Å². The van der Waals surface area contributed by atoms with Crippen LogP contribution in [0.2, 0.25) is 0 Å². The van der Waals surface area contributed by atoms with Gasteiger partial charge in [-0.05, 0) is 50.7 Å². The van der Waals surface area contributed by atoms with Gasteiger partial charge in [-0.25, -0.2) is 0 Å². The van der Waals surface area contributed by atoms with Crippen molar-refractivity contribution < 1.29 is 15.3 Å². The fraction of sp³-hybridized carbons (Fsp3) is 0.947. The van der Waals surface area contributed by atoms with E-state index in [9.17, 15) is 15.3 Å². The highest BCUT2D eigenvalue weighted by Crippen LogP contribution is 2.25. The number of hydrogen-bond donors (Lipinski definition) is 4. The molecule has 3 aliphatic rings. The van der Waals surface area contributed by atoms with Crippen molar-refractivity contribution >= 4 is 17.3 Å². The second kappa shape index (κ2) is 9.15. The first-order valence-electron chi connectivity index (χ1n) is 10.3. The molecule has 4 atom stereocenters. The molecule has 2 saturated heterocycles. The van der Waals surface area contributed by atoms with Crippen LogP contribution >= 0.6 is 12.2 Å². The summed E-state index contributed by atoms with van der Waals surface area (Å²) in [6, 6.07) is 0.429. The van der Waals surface area contributed by atoms with Crippen molar-refractivity contribution in [3.8, 4) is 0 Å². The van der Waals surface area contributed by atoms with Crippen LogP contribution < -0.4 is 5.32 Å². The molecule has 1 aliphatic carbocycles. The van der Waals surface area contributed by atoms with Crippen molar-refractivity contribution in [1.82, 2.24) is 15.1 Å². The maximum absolute atomic E-state index is 10.1. The van der Waals surface area contributed by atoms with Gasteiger partial charge in [0, 0.05) is 38.3 Å². The predicted octanol–water partition coefficient (Wildman–Crippen LogP) is 0.692. The van der Waals surface area contributed by atoms with Crippen molar-refractivity contribution in [3.63, 3.8) is 0 Å².